The monoisotopic (exact) mass is 376 g/mol. The maximum atomic E-state index is 13.1. The quantitative estimate of drug-likeness (QED) is 0.797. The van der Waals surface area contributed by atoms with Crippen molar-refractivity contribution in [2.45, 2.75) is 25.3 Å². The number of anilines is 1. The molecule has 3 rings (SSSR count). The highest BCUT2D eigenvalue weighted by atomic mass is 35.5. The molecule has 1 saturated heterocycles. The Balaban J connectivity index is 1.59. The van der Waals surface area contributed by atoms with E-state index in [-0.39, 0.29) is 17.8 Å². The molecular weight excluding hydrogens is 355 g/mol. The molecule has 26 heavy (non-hydrogen) atoms. The van der Waals surface area contributed by atoms with Crippen molar-refractivity contribution in [3.63, 3.8) is 0 Å². The molecule has 6 heteroatoms. The van der Waals surface area contributed by atoms with Crippen LogP contribution in [0.15, 0.2) is 42.5 Å². The molecule has 1 aliphatic heterocycles. The Labute approximate surface area is 157 Å². The van der Waals surface area contributed by atoms with Gasteiger partial charge in [0.15, 0.2) is 0 Å². The minimum absolute atomic E-state index is 0.0313. The molecule has 1 unspecified atom stereocenters. The van der Waals surface area contributed by atoms with Gasteiger partial charge >= 0.3 is 0 Å². The zero-order valence-electron chi connectivity index (χ0n) is 14.7. The highest BCUT2D eigenvalue weighted by molar-refractivity contribution is 6.30. The molecule has 0 aliphatic carbocycles. The molecule has 0 bridgehead atoms. The second-order valence-corrected chi connectivity index (χ2v) is 6.75. The summed E-state index contributed by atoms with van der Waals surface area (Å²) in [6, 6.07) is 11.8. The van der Waals surface area contributed by atoms with Crippen molar-refractivity contribution in [1.82, 2.24) is 4.90 Å². The average Bonchev–Trinajstić information content (AvgIpc) is 3.12. The number of benzene rings is 2. The maximum Gasteiger partial charge on any atom is 0.224 e. The highest BCUT2D eigenvalue weighted by Gasteiger charge is 2.29. The third-order valence-corrected chi connectivity index (χ3v) is 4.88. The number of hydrogen-bond acceptors (Lipinski definition) is 3. The summed E-state index contributed by atoms with van der Waals surface area (Å²) >= 11 is 6.02. The van der Waals surface area contributed by atoms with Crippen LogP contribution >= 0.6 is 11.6 Å². The normalized spacial score (nSPS) is 16.6. The zero-order chi connectivity index (χ0) is 18.5. The summed E-state index contributed by atoms with van der Waals surface area (Å²) in [5, 5.41) is 3.82. The molecule has 1 fully saturated rings. The van der Waals surface area contributed by atoms with Gasteiger partial charge in [-0.25, -0.2) is 4.39 Å². The molecule has 2 aromatic carbocycles. The third kappa shape index (κ3) is 4.28. The van der Waals surface area contributed by atoms with Crippen molar-refractivity contribution in [3.05, 3.63) is 58.9 Å². The van der Waals surface area contributed by atoms with Gasteiger partial charge < -0.3 is 15.0 Å². The van der Waals surface area contributed by atoms with Gasteiger partial charge in [-0.1, -0.05) is 23.7 Å². The average molecular weight is 377 g/mol. The predicted molar refractivity (Wildman–Crippen MR) is 101 cm³/mol. The van der Waals surface area contributed by atoms with E-state index >= 15 is 0 Å². The first-order valence-corrected chi connectivity index (χ1v) is 9.08. The molecule has 138 valence electrons. The topological polar surface area (TPSA) is 41.6 Å². The van der Waals surface area contributed by atoms with Crippen LogP contribution in [0.2, 0.25) is 5.02 Å². The lowest BCUT2D eigenvalue weighted by atomic mass is 10.0. The SMILES string of the molecule is COc1ccc(Cl)cc1NCCC(=O)N1CCCC1c1ccc(F)cc1. The first-order chi connectivity index (χ1) is 12.6. The molecule has 0 aromatic heterocycles. The van der Waals surface area contributed by atoms with E-state index in [0.29, 0.717) is 23.7 Å². The van der Waals surface area contributed by atoms with Gasteiger partial charge in [0.25, 0.3) is 0 Å². The van der Waals surface area contributed by atoms with E-state index in [1.165, 1.54) is 12.1 Å². The lowest BCUT2D eigenvalue weighted by Gasteiger charge is -2.25. The van der Waals surface area contributed by atoms with Gasteiger partial charge in [0, 0.05) is 24.5 Å². The molecule has 1 heterocycles. The summed E-state index contributed by atoms with van der Waals surface area (Å²) in [5.41, 5.74) is 1.76. The van der Waals surface area contributed by atoms with Gasteiger partial charge in [-0.05, 0) is 48.7 Å². The summed E-state index contributed by atoms with van der Waals surface area (Å²) < 4.78 is 18.4. The van der Waals surface area contributed by atoms with Crippen LogP contribution < -0.4 is 10.1 Å². The Morgan fingerprint density at radius 2 is 2.08 bits per heavy atom. The molecule has 1 aliphatic rings. The van der Waals surface area contributed by atoms with Crippen molar-refractivity contribution in [2.75, 3.05) is 25.5 Å². The molecule has 1 amide bonds. The van der Waals surface area contributed by atoms with Crippen LogP contribution in [-0.2, 0) is 4.79 Å². The number of methoxy groups -OCH3 is 1. The molecule has 0 radical (unpaired) electrons. The number of halogens is 2. The molecule has 0 spiro atoms. The van der Waals surface area contributed by atoms with Crippen molar-refractivity contribution in [1.29, 1.82) is 0 Å². The Morgan fingerprint density at radius 3 is 2.81 bits per heavy atom. The number of nitrogens with one attached hydrogen (secondary N) is 1. The van der Waals surface area contributed by atoms with Gasteiger partial charge in [0.2, 0.25) is 5.91 Å². The van der Waals surface area contributed by atoms with Crippen LogP contribution in [0.3, 0.4) is 0 Å². The smallest absolute Gasteiger partial charge is 0.224 e. The van der Waals surface area contributed by atoms with Crippen LogP contribution in [0.25, 0.3) is 0 Å². The molecule has 1 atom stereocenters. The molecular formula is C20H22ClFN2O2. The fourth-order valence-electron chi connectivity index (χ4n) is 3.36. The summed E-state index contributed by atoms with van der Waals surface area (Å²) in [7, 11) is 1.59. The van der Waals surface area contributed by atoms with Crippen LogP contribution in [-0.4, -0.2) is 31.0 Å². The number of amides is 1. The van der Waals surface area contributed by atoms with Gasteiger partial charge in [0.05, 0.1) is 18.8 Å². The van der Waals surface area contributed by atoms with Crippen LogP contribution in [0.1, 0.15) is 30.9 Å². The number of carbonyl (C=O) groups is 1. The van der Waals surface area contributed by atoms with Crippen molar-refractivity contribution < 1.29 is 13.9 Å². The van der Waals surface area contributed by atoms with Gasteiger partial charge in [-0.3, -0.25) is 4.79 Å². The van der Waals surface area contributed by atoms with Crippen molar-refractivity contribution in [2.24, 2.45) is 0 Å². The lowest BCUT2D eigenvalue weighted by Crippen LogP contribution is -2.31. The second kappa shape index (κ2) is 8.41. The van der Waals surface area contributed by atoms with E-state index in [1.54, 1.807) is 37.4 Å². The summed E-state index contributed by atoms with van der Waals surface area (Å²) in [6.07, 6.45) is 2.24. The lowest BCUT2D eigenvalue weighted by molar-refractivity contribution is -0.131. The number of carbonyl (C=O) groups excluding carboxylic acids is 1. The fraction of sp³-hybridized carbons (Fsp3) is 0.350. The van der Waals surface area contributed by atoms with Gasteiger partial charge in [0.1, 0.15) is 11.6 Å². The summed E-state index contributed by atoms with van der Waals surface area (Å²) in [5.74, 6) is 0.516. The van der Waals surface area contributed by atoms with E-state index in [0.717, 1.165) is 30.6 Å². The Kier molecular flexibility index (Phi) is 5.99. The zero-order valence-corrected chi connectivity index (χ0v) is 15.4. The Hall–Kier alpha value is -2.27. The molecule has 0 saturated carbocycles. The van der Waals surface area contributed by atoms with Crippen LogP contribution in [0, 0.1) is 5.82 Å². The summed E-state index contributed by atoms with van der Waals surface area (Å²) in [6.45, 7) is 1.23. The minimum atomic E-state index is -0.260. The van der Waals surface area contributed by atoms with Crippen molar-refractivity contribution >= 4 is 23.2 Å². The minimum Gasteiger partial charge on any atom is -0.495 e. The van der Waals surface area contributed by atoms with Crippen molar-refractivity contribution in [3.8, 4) is 5.75 Å². The first kappa shape index (κ1) is 18.5. The van der Waals surface area contributed by atoms with Crippen LogP contribution in [0.5, 0.6) is 5.75 Å². The van der Waals surface area contributed by atoms with Crippen LogP contribution in [0.4, 0.5) is 10.1 Å². The van der Waals surface area contributed by atoms with E-state index in [4.69, 9.17) is 16.3 Å². The number of ether oxygens (including phenoxy) is 1. The van der Waals surface area contributed by atoms with E-state index in [2.05, 4.69) is 5.32 Å². The molecule has 2 aromatic rings. The predicted octanol–water partition coefficient (Wildman–Crippen LogP) is 4.65. The van der Waals surface area contributed by atoms with E-state index in [9.17, 15) is 9.18 Å². The highest BCUT2D eigenvalue weighted by Crippen LogP contribution is 2.32. The molecule has 1 N–H and O–H groups in total. The van der Waals surface area contributed by atoms with E-state index < -0.39 is 0 Å². The van der Waals surface area contributed by atoms with Gasteiger partial charge in [-0.15, -0.1) is 0 Å². The second-order valence-electron chi connectivity index (χ2n) is 6.32. The molecule has 4 nitrogen and oxygen atoms in total. The fourth-order valence-corrected chi connectivity index (χ4v) is 3.53. The number of nitrogens with zero attached hydrogens (tertiary/aromatic N) is 1. The summed E-state index contributed by atoms with van der Waals surface area (Å²) in [4.78, 5) is 14.6. The largest absolute Gasteiger partial charge is 0.495 e. The third-order valence-electron chi connectivity index (χ3n) is 4.64. The number of hydrogen-bond donors (Lipinski definition) is 1. The number of likely N-dealkylation sites (tertiary alicyclic amines) is 1. The van der Waals surface area contributed by atoms with Gasteiger partial charge in [-0.2, -0.15) is 0 Å². The Bertz CT molecular complexity index is 767. The Morgan fingerprint density at radius 1 is 1.31 bits per heavy atom. The number of rotatable bonds is 6. The standard InChI is InChI=1S/C20H22ClFN2O2/c1-26-19-9-6-15(21)13-17(19)23-11-10-20(25)24-12-2-3-18(24)14-4-7-16(22)8-5-14/h4-9,13,18,23H,2-3,10-12H2,1H3. The maximum absolute atomic E-state index is 13.1. The van der Waals surface area contributed by atoms with E-state index in [1.807, 2.05) is 4.90 Å². The first-order valence-electron chi connectivity index (χ1n) is 8.71.